The van der Waals surface area contributed by atoms with E-state index in [2.05, 4.69) is 12.7 Å². The van der Waals surface area contributed by atoms with Crippen molar-refractivity contribution in [2.45, 2.75) is 96.2 Å². The van der Waals surface area contributed by atoms with E-state index in [-0.39, 0.29) is 12.2 Å². The summed E-state index contributed by atoms with van der Waals surface area (Å²) >= 11 is 0. The third-order valence-electron chi connectivity index (χ3n) is 9.36. The Bertz CT molecular complexity index is 585. The van der Waals surface area contributed by atoms with Crippen molar-refractivity contribution in [3.8, 4) is 0 Å². The molecule has 0 bridgehead atoms. The molecule has 0 radical (unpaired) electrons. The maximum absolute atomic E-state index is 12.4. The molecule has 182 valence electrons. The van der Waals surface area contributed by atoms with Gasteiger partial charge < -0.3 is 9.47 Å². The van der Waals surface area contributed by atoms with Crippen LogP contribution in [0.2, 0.25) is 0 Å². The van der Waals surface area contributed by atoms with Gasteiger partial charge in [0.15, 0.2) is 6.29 Å². The van der Waals surface area contributed by atoms with Gasteiger partial charge in [-0.3, -0.25) is 0 Å². The molecule has 4 heteroatoms. The highest BCUT2D eigenvalue weighted by Gasteiger charge is 2.34. The normalized spacial score (nSPS) is 41.1. The summed E-state index contributed by atoms with van der Waals surface area (Å²) in [6, 6.07) is 0. The highest BCUT2D eigenvalue weighted by Crippen LogP contribution is 2.46. The van der Waals surface area contributed by atoms with Gasteiger partial charge in [0.05, 0.1) is 13.2 Å². The van der Waals surface area contributed by atoms with E-state index >= 15 is 0 Å². The monoisotopic (exact) mass is 450 g/mol. The van der Waals surface area contributed by atoms with Crippen LogP contribution in [-0.4, -0.2) is 19.5 Å². The molecule has 1 aliphatic heterocycles. The topological polar surface area (TPSA) is 18.5 Å². The van der Waals surface area contributed by atoms with Crippen molar-refractivity contribution in [3.05, 3.63) is 24.8 Å². The number of ether oxygens (including phenoxy) is 2. The number of allylic oxidation sites excluding steroid dienone is 1. The molecule has 2 nitrogen and oxygen atoms in total. The molecule has 0 amide bonds. The first-order valence-electron chi connectivity index (χ1n) is 13.5. The third kappa shape index (κ3) is 6.88. The zero-order valence-corrected chi connectivity index (χ0v) is 19.9. The van der Waals surface area contributed by atoms with Gasteiger partial charge in [-0.05, 0) is 119 Å². The summed E-state index contributed by atoms with van der Waals surface area (Å²) in [4.78, 5) is 0. The van der Waals surface area contributed by atoms with Crippen LogP contribution >= 0.6 is 0 Å². The Morgan fingerprint density at radius 2 is 1.12 bits per heavy atom. The van der Waals surface area contributed by atoms with Crippen LogP contribution in [0.1, 0.15) is 89.9 Å². The molecule has 4 rings (SSSR count). The van der Waals surface area contributed by atoms with Gasteiger partial charge >= 0.3 is 0 Å². The SMILES string of the molecule is C=CC1CCC(C2CCC(C3CCC(CCC4OCC(C=C(F)F)CO4)CC3)CC2)CC1. The maximum Gasteiger partial charge on any atom is 0.266 e. The van der Waals surface area contributed by atoms with Crippen molar-refractivity contribution < 1.29 is 18.3 Å². The Kier molecular flexibility index (Phi) is 9.23. The number of hydrogen-bond donors (Lipinski definition) is 0. The van der Waals surface area contributed by atoms with Gasteiger partial charge in [-0.25, -0.2) is 0 Å². The second-order valence-electron chi connectivity index (χ2n) is 11.3. The highest BCUT2D eigenvalue weighted by molar-refractivity contribution is 4.90. The van der Waals surface area contributed by atoms with Crippen LogP contribution in [0.5, 0.6) is 0 Å². The first kappa shape index (κ1) is 24.4. The molecule has 0 N–H and O–H groups in total. The summed E-state index contributed by atoms with van der Waals surface area (Å²) in [7, 11) is 0. The smallest absolute Gasteiger partial charge is 0.266 e. The largest absolute Gasteiger partial charge is 0.352 e. The van der Waals surface area contributed by atoms with Gasteiger partial charge in [0.1, 0.15) is 0 Å². The molecule has 4 fully saturated rings. The Morgan fingerprint density at radius 1 is 0.656 bits per heavy atom. The molecule has 1 heterocycles. The van der Waals surface area contributed by atoms with E-state index in [1.807, 2.05) is 0 Å². The van der Waals surface area contributed by atoms with E-state index in [1.54, 1.807) is 0 Å². The second-order valence-corrected chi connectivity index (χ2v) is 11.3. The highest BCUT2D eigenvalue weighted by atomic mass is 19.3. The van der Waals surface area contributed by atoms with E-state index in [0.29, 0.717) is 13.2 Å². The minimum atomic E-state index is -1.64. The van der Waals surface area contributed by atoms with Crippen molar-refractivity contribution in [2.24, 2.45) is 41.4 Å². The van der Waals surface area contributed by atoms with Gasteiger partial charge in [0, 0.05) is 5.92 Å². The molecular formula is C28H44F2O2. The van der Waals surface area contributed by atoms with E-state index in [4.69, 9.17) is 9.47 Å². The average molecular weight is 451 g/mol. The minimum Gasteiger partial charge on any atom is -0.352 e. The molecule has 0 aromatic rings. The van der Waals surface area contributed by atoms with Gasteiger partial charge in [-0.1, -0.05) is 18.9 Å². The van der Waals surface area contributed by atoms with Crippen LogP contribution in [0.25, 0.3) is 0 Å². The Hall–Kier alpha value is -0.740. The summed E-state index contributed by atoms with van der Waals surface area (Å²) in [6.45, 7) is 4.71. The van der Waals surface area contributed by atoms with E-state index in [1.165, 1.54) is 77.0 Å². The van der Waals surface area contributed by atoms with Crippen LogP contribution < -0.4 is 0 Å². The average Bonchev–Trinajstić information content (AvgIpc) is 2.84. The molecule has 4 aliphatic rings. The molecule has 3 aliphatic carbocycles. The summed E-state index contributed by atoms with van der Waals surface area (Å²) in [5.74, 6) is 5.19. The molecule has 0 atom stereocenters. The lowest BCUT2D eigenvalue weighted by Gasteiger charge is -2.41. The van der Waals surface area contributed by atoms with Crippen molar-refractivity contribution in [1.29, 1.82) is 0 Å². The zero-order chi connectivity index (χ0) is 22.3. The Morgan fingerprint density at radius 3 is 1.59 bits per heavy atom. The van der Waals surface area contributed by atoms with Gasteiger partial charge in [0.25, 0.3) is 6.08 Å². The fraction of sp³-hybridized carbons (Fsp3) is 0.857. The van der Waals surface area contributed by atoms with Crippen molar-refractivity contribution in [1.82, 2.24) is 0 Å². The van der Waals surface area contributed by atoms with Crippen LogP contribution in [-0.2, 0) is 9.47 Å². The Labute approximate surface area is 194 Å². The summed E-state index contributed by atoms with van der Waals surface area (Å²) in [5.41, 5.74) is 0. The lowest BCUT2D eigenvalue weighted by Crippen LogP contribution is -2.32. The number of rotatable bonds is 7. The molecule has 1 saturated heterocycles. The second kappa shape index (κ2) is 12.1. The number of hydrogen-bond acceptors (Lipinski definition) is 2. The zero-order valence-electron chi connectivity index (χ0n) is 19.9. The third-order valence-corrected chi connectivity index (χ3v) is 9.36. The molecule has 0 aromatic carbocycles. The van der Waals surface area contributed by atoms with Gasteiger partial charge in [-0.2, -0.15) is 8.78 Å². The lowest BCUT2D eigenvalue weighted by molar-refractivity contribution is -0.197. The maximum atomic E-state index is 12.4. The first-order valence-corrected chi connectivity index (χ1v) is 13.5. The molecule has 0 aromatic heterocycles. The number of halogens is 2. The lowest BCUT2D eigenvalue weighted by atomic mass is 9.65. The van der Waals surface area contributed by atoms with Gasteiger partial charge in [-0.15, -0.1) is 6.58 Å². The van der Waals surface area contributed by atoms with Crippen LogP contribution in [0.15, 0.2) is 24.8 Å². The van der Waals surface area contributed by atoms with Crippen LogP contribution in [0.4, 0.5) is 8.78 Å². The van der Waals surface area contributed by atoms with Crippen LogP contribution in [0, 0.1) is 41.4 Å². The molecular weight excluding hydrogens is 406 g/mol. The molecule has 0 spiro atoms. The molecule has 3 saturated carbocycles. The summed E-state index contributed by atoms with van der Waals surface area (Å²) < 4.78 is 36.0. The van der Waals surface area contributed by atoms with Crippen molar-refractivity contribution in [3.63, 3.8) is 0 Å². The predicted molar refractivity (Wildman–Crippen MR) is 125 cm³/mol. The first-order chi connectivity index (χ1) is 15.6. The summed E-state index contributed by atoms with van der Waals surface area (Å²) in [6.07, 6.45) is 20.4. The fourth-order valence-corrected chi connectivity index (χ4v) is 7.26. The van der Waals surface area contributed by atoms with Crippen molar-refractivity contribution in [2.75, 3.05) is 13.2 Å². The van der Waals surface area contributed by atoms with Gasteiger partial charge in [0.2, 0.25) is 0 Å². The van der Waals surface area contributed by atoms with E-state index in [9.17, 15) is 8.78 Å². The standard InChI is InChI=1S/C28H44F2O2/c1-2-20-3-8-23(9-4-20)25-12-14-26(15-13-25)24-10-5-21(6-11-24)7-16-28-31-18-22(19-32-28)17-27(29)30/h2,17,20-26,28H,1,3-16,18-19H2. The fourth-order valence-electron chi connectivity index (χ4n) is 7.26. The van der Waals surface area contributed by atoms with E-state index in [0.717, 1.165) is 54.4 Å². The van der Waals surface area contributed by atoms with E-state index < -0.39 is 6.08 Å². The molecule has 0 unspecified atom stereocenters. The van der Waals surface area contributed by atoms with Crippen LogP contribution in [0.3, 0.4) is 0 Å². The Balaban J connectivity index is 1.09. The summed E-state index contributed by atoms with van der Waals surface area (Å²) in [5, 5.41) is 0. The molecule has 32 heavy (non-hydrogen) atoms. The predicted octanol–water partition coefficient (Wildman–Crippen LogP) is 8.14. The minimum absolute atomic E-state index is 0.197. The quantitative estimate of drug-likeness (QED) is 0.364. The van der Waals surface area contributed by atoms with Crippen molar-refractivity contribution >= 4 is 0 Å².